The lowest BCUT2D eigenvalue weighted by Gasteiger charge is -2.36. The number of hydrogen-bond acceptors (Lipinski definition) is 8. The summed E-state index contributed by atoms with van der Waals surface area (Å²) in [6.45, 7) is -0.0584. The van der Waals surface area contributed by atoms with Gasteiger partial charge >= 0.3 is 12.1 Å². The van der Waals surface area contributed by atoms with Crippen LogP contribution in [-0.4, -0.2) is 57.4 Å². The van der Waals surface area contributed by atoms with Gasteiger partial charge in [0.15, 0.2) is 10.6 Å². The Morgan fingerprint density at radius 1 is 0.942 bits per heavy atom. The molecule has 13 heteroatoms. The highest BCUT2D eigenvalue weighted by Crippen LogP contribution is 2.41. The molecule has 2 fully saturated rings. The Hall–Kier alpha value is -4.27. The number of hydrogen-bond donors (Lipinski definition) is 2. The van der Waals surface area contributed by atoms with Crippen LogP contribution in [0.1, 0.15) is 53.9 Å². The molecule has 3 heterocycles. The minimum atomic E-state index is -5.03. The number of rotatable bonds is 10. The molecule has 7 rings (SSSR count). The molecule has 0 radical (unpaired) electrons. The van der Waals surface area contributed by atoms with Crippen molar-refractivity contribution in [3.63, 3.8) is 0 Å². The first-order valence-corrected chi connectivity index (χ1v) is 18.8. The molecule has 0 spiro atoms. The van der Waals surface area contributed by atoms with Gasteiger partial charge in [-0.25, -0.2) is 4.98 Å². The summed E-state index contributed by atoms with van der Waals surface area (Å²) in [7, 11) is 0. The van der Waals surface area contributed by atoms with Crippen molar-refractivity contribution in [3.8, 4) is 11.1 Å². The van der Waals surface area contributed by atoms with Gasteiger partial charge in [0.25, 0.3) is 0 Å². The van der Waals surface area contributed by atoms with E-state index in [0.717, 1.165) is 47.9 Å². The molecule has 0 saturated carbocycles. The number of carbonyl (C=O) groups is 2. The average molecular weight is 748 g/mol. The summed E-state index contributed by atoms with van der Waals surface area (Å²) in [4.78, 5) is 30.2. The van der Waals surface area contributed by atoms with Crippen LogP contribution in [-0.2, 0) is 32.2 Å². The lowest BCUT2D eigenvalue weighted by atomic mass is 9.97. The van der Waals surface area contributed by atoms with Crippen molar-refractivity contribution in [1.29, 1.82) is 0 Å². The lowest BCUT2D eigenvalue weighted by molar-refractivity contribution is -0.245. The standard InChI is InChI=1S/C39H36F3N3O5S2/c40-39(41,42)37(48)45-19-5-9-32(45)35(47)43-21-28-6-1-2-7-30(28)25-15-17-27(18-16-25)36-49-29(20-33(50-36)26-13-11-24(22-46)12-14-26)23-51-38-44-31-8-3-4-10-34(31)52-38/h1-4,6-8,10-18,29,32-33,36,46H,5,9,19-23H2,(H,43,47)/t29-,32+,33+,36+/m1/s1. The molecular weight excluding hydrogens is 712 g/mol. The van der Waals surface area contributed by atoms with Gasteiger partial charge in [0, 0.05) is 30.8 Å². The fraction of sp³-hybridized carbons (Fsp3) is 0.308. The fourth-order valence-electron chi connectivity index (χ4n) is 6.62. The van der Waals surface area contributed by atoms with Gasteiger partial charge in [-0.05, 0) is 52.8 Å². The topological polar surface area (TPSA) is 101 Å². The Balaban J connectivity index is 1.05. The summed E-state index contributed by atoms with van der Waals surface area (Å²) in [6, 6.07) is 29.9. The number of halogens is 3. The number of aliphatic hydroxyl groups excluding tert-OH is 1. The number of thiazole rings is 1. The minimum absolute atomic E-state index is 0.0388. The predicted octanol–water partition coefficient (Wildman–Crippen LogP) is 7.96. The van der Waals surface area contributed by atoms with E-state index in [1.807, 2.05) is 91.0 Å². The lowest BCUT2D eigenvalue weighted by Crippen LogP contribution is -2.50. The molecule has 4 atom stereocenters. The van der Waals surface area contributed by atoms with E-state index < -0.39 is 30.3 Å². The van der Waals surface area contributed by atoms with E-state index in [0.29, 0.717) is 23.5 Å². The zero-order valence-electron chi connectivity index (χ0n) is 27.9. The Morgan fingerprint density at radius 2 is 1.67 bits per heavy atom. The molecule has 5 aromatic rings. The molecule has 1 aromatic heterocycles. The quantitative estimate of drug-likeness (QED) is 0.140. The summed E-state index contributed by atoms with van der Waals surface area (Å²) in [5.74, 6) is -1.91. The molecule has 52 heavy (non-hydrogen) atoms. The molecule has 0 bridgehead atoms. The van der Waals surface area contributed by atoms with Crippen molar-refractivity contribution in [1.82, 2.24) is 15.2 Å². The van der Waals surface area contributed by atoms with Crippen LogP contribution in [0.25, 0.3) is 21.3 Å². The van der Waals surface area contributed by atoms with Crippen LogP contribution < -0.4 is 5.32 Å². The van der Waals surface area contributed by atoms with Crippen LogP contribution in [0.2, 0.25) is 0 Å². The predicted molar refractivity (Wildman–Crippen MR) is 193 cm³/mol. The Kier molecular flexibility index (Phi) is 10.9. The molecular formula is C39H36F3N3O5S2. The van der Waals surface area contributed by atoms with E-state index in [2.05, 4.69) is 11.4 Å². The van der Waals surface area contributed by atoms with Gasteiger partial charge in [-0.15, -0.1) is 11.3 Å². The van der Waals surface area contributed by atoms with Crippen LogP contribution in [0, 0.1) is 0 Å². The van der Waals surface area contributed by atoms with Gasteiger partial charge in [0.1, 0.15) is 6.04 Å². The largest absolute Gasteiger partial charge is 0.471 e. The summed E-state index contributed by atoms with van der Waals surface area (Å²) >= 11 is 3.33. The summed E-state index contributed by atoms with van der Waals surface area (Å²) in [5.41, 5.74) is 6.12. The van der Waals surface area contributed by atoms with E-state index in [-0.39, 0.29) is 38.3 Å². The molecule has 2 amide bonds. The molecule has 0 aliphatic carbocycles. The number of nitrogens with zero attached hydrogens (tertiary/aromatic N) is 2. The number of thioether (sulfide) groups is 1. The molecule has 4 aromatic carbocycles. The maximum absolute atomic E-state index is 13.1. The number of likely N-dealkylation sites (tertiary alicyclic amines) is 1. The zero-order chi connectivity index (χ0) is 36.2. The van der Waals surface area contributed by atoms with Crippen molar-refractivity contribution in [3.05, 3.63) is 119 Å². The third-order valence-electron chi connectivity index (χ3n) is 9.31. The van der Waals surface area contributed by atoms with Crippen molar-refractivity contribution in [2.24, 2.45) is 0 Å². The van der Waals surface area contributed by atoms with Crippen LogP contribution in [0.4, 0.5) is 13.2 Å². The highest BCUT2D eigenvalue weighted by atomic mass is 32.2. The van der Waals surface area contributed by atoms with Gasteiger partial charge in [-0.3, -0.25) is 9.59 Å². The second-order valence-electron chi connectivity index (χ2n) is 12.8. The minimum Gasteiger partial charge on any atom is -0.392 e. The van der Waals surface area contributed by atoms with E-state index in [9.17, 15) is 27.9 Å². The molecule has 270 valence electrons. The van der Waals surface area contributed by atoms with Gasteiger partial charge < -0.3 is 24.8 Å². The number of nitrogens with one attached hydrogen (secondary N) is 1. The molecule has 2 saturated heterocycles. The van der Waals surface area contributed by atoms with Crippen molar-refractivity contribution >= 4 is 45.1 Å². The number of aliphatic hydroxyl groups is 1. The molecule has 2 aliphatic heterocycles. The van der Waals surface area contributed by atoms with Crippen molar-refractivity contribution in [2.45, 2.75) is 67.5 Å². The SMILES string of the molecule is O=C(NCc1ccccc1-c1ccc([C@H]2O[C@@H](CSc3nc4ccccc4s3)C[C@@H](c3ccc(CO)cc3)O2)cc1)[C@@H]1CCCN1C(=O)C(F)(F)F. The van der Waals surface area contributed by atoms with Crippen molar-refractivity contribution < 1.29 is 37.3 Å². The van der Waals surface area contributed by atoms with Gasteiger partial charge in [-0.1, -0.05) is 96.7 Å². The smallest absolute Gasteiger partial charge is 0.392 e. The van der Waals surface area contributed by atoms with E-state index >= 15 is 0 Å². The molecule has 2 N–H and O–H groups in total. The van der Waals surface area contributed by atoms with E-state index in [1.165, 1.54) is 0 Å². The number of amides is 2. The molecule has 2 aliphatic rings. The number of para-hydroxylation sites is 1. The first-order valence-electron chi connectivity index (χ1n) is 17.0. The second kappa shape index (κ2) is 15.8. The maximum Gasteiger partial charge on any atom is 0.471 e. The van der Waals surface area contributed by atoms with E-state index in [1.54, 1.807) is 23.1 Å². The Bertz CT molecular complexity index is 1990. The number of benzene rings is 4. The monoisotopic (exact) mass is 747 g/mol. The van der Waals surface area contributed by atoms with Crippen molar-refractivity contribution in [2.75, 3.05) is 12.3 Å². The summed E-state index contributed by atoms with van der Waals surface area (Å²) < 4.78 is 54.5. The first-order chi connectivity index (χ1) is 25.2. The first kappa shape index (κ1) is 36.1. The van der Waals surface area contributed by atoms with Gasteiger partial charge in [-0.2, -0.15) is 13.2 Å². The third-order valence-corrected chi connectivity index (χ3v) is 11.6. The van der Waals surface area contributed by atoms with E-state index in [4.69, 9.17) is 14.5 Å². The van der Waals surface area contributed by atoms with Crippen LogP contribution >= 0.6 is 23.1 Å². The van der Waals surface area contributed by atoms with Crippen LogP contribution in [0.3, 0.4) is 0 Å². The van der Waals surface area contributed by atoms with Crippen LogP contribution in [0.5, 0.6) is 0 Å². The maximum atomic E-state index is 13.1. The number of alkyl halides is 3. The third kappa shape index (κ3) is 8.18. The van der Waals surface area contributed by atoms with Crippen LogP contribution in [0.15, 0.2) is 101 Å². The average Bonchev–Trinajstić information content (AvgIpc) is 3.83. The van der Waals surface area contributed by atoms with Gasteiger partial charge in [0.05, 0.1) is 29.0 Å². The number of ether oxygens (including phenoxy) is 2. The Morgan fingerprint density at radius 3 is 2.42 bits per heavy atom. The highest BCUT2D eigenvalue weighted by molar-refractivity contribution is 8.01. The highest BCUT2D eigenvalue weighted by Gasteiger charge is 2.47. The summed E-state index contributed by atoms with van der Waals surface area (Å²) in [5, 5.41) is 12.3. The van der Waals surface area contributed by atoms with Gasteiger partial charge in [0.2, 0.25) is 5.91 Å². The number of fused-ring (bicyclic) bond motifs is 1. The fourth-order valence-corrected chi connectivity index (χ4v) is 8.73. The number of aromatic nitrogens is 1. The molecule has 0 unspecified atom stereocenters. The normalized spacial score (nSPS) is 20.7. The number of carbonyl (C=O) groups excluding carboxylic acids is 2. The second-order valence-corrected chi connectivity index (χ2v) is 15.1. The zero-order valence-corrected chi connectivity index (χ0v) is 29.6. The Labute approximate surface area is 307 Å². The summed E-state index contributed by atoms with van der Waals surface area (Å²) in [6.07, 6.45) is -4.89. The molecule has 8 nitrogen and oxygen atoms in total.